The summed E-state index contributed by atoms with van der Waals surface area (Å²) in [5.41, 5.74) is 0.818. The first-order valence-electron chi connectivity index (χ1n) is 4.99. The molecule has 0 spiro atoms. The van der Waals surface area contributed by atoms with Gasteiger partial charge in [0.1, 0.15) is 5.75 Å². The molecule has 1 heterocycles. The fourth-order valence-electron chi connectivity index (χ4n) is 1.51. The highest BCUT2D eigenvalue weighted by molar-refractivity contribution is 9.11. The fourth-order valence-corrected chi connectivity index (χ4v) is 2.64. The molecule has 1 aromatic heterocycles. The number of aromatic nitrogens is 2. The molecule has 0 fully saturated rings. The molecule has 0 aliphatic rings. The summed E-state index contributed by atoms with van der Waals surface area (Å²) in [6.45, 7) is 0. The van der Waals surface area contributed by atoms with Gasteiger partial charge in [-0.05, 0) is 22.0 Å². The van der Waals surface area contributed by atoms with Crippen molar-refractivity contribution in [2.24, 2.45) is 0 Å². The van der Waals surface area contributed by atoms with Crippen LogP contribution in [0.1, 0.15) is 0 Å². The van der Waals surface area contributed by atoms with E-state index in [9.17, 15) is 0 Å². The molecule has 0 aliphatic carbocycles. The van der Waals surface area contributed by atoms with Crippen molar-refractivity contribution in [2.75, 3.05) is 21.3 Å². The average molecular weight is 331 g/mol. The van der Waals surface area contributed by atoms with E-state index in [1.165, 1.54) is 11.3 Å². The van der Waals surface area contributed by atoms with E-state index in [4.69, 9.17) is 14.2 Å². The van der Waals surface area contributed by atoms with E-state index < -0.39 is 0 Å². The SMILES string of the molecule is COc1cc(OC)c(-c2nnc(Br)s2)cc1OC. The second kappa shape index (κ2) is 5.53. The molecule has 0 atom stereocenters. The largest absolute Gasteiger partial charge is 0.496 e. The molecule has 0 N–H and O–H groups in total. The van der Waals surface area contributed by atoms with Crippen LogP contribution in [-0.2, 0) is 0 Å². The second-order valence-corrected chi connectivity index (χ2v) is 5.52. The summed E-state index contributed by atoms with van der Waals surface area (Å²) in [5.74, 6) is 1.90. The smallest absolute Gasteiger partial charge is 0.183 e. The minimum absolute atomic E-state index is 0.613. The Bertz CT molecular complexity index is 559. The number of benzene rings is 1. The van der Waals surface area contributed by atoms with Gasteiger partial charge in [0.05, 0.1) is 26.9 Å². The Labute approximate surface area is 117 Å². The summed E-state index contributed by atoms with van der Waals surface area (Å²) in [6, 6.07) is 3.59. The predicted molar refractivity (Wildman–Crippen MR) is 72.7 cm³/mol. The molecule has 7 heteroatoms. The van der Waals surface area contributed by atoms with Gasteiger partial charge in [-0.3, -0.25) is 0 Å². The van der Waals surface area contributed by atoms with E-state index in [2.05, 4.69) is 26.1 Å². The highest BCUT2D eigenvalue weighted by Crippen LogP contribution is 2.41. The number of hydrogen-bond donors (Lipinski definition) is 0. The maximum absolute atomic E-state index is 5.34. The van der Waals surface area contributed by atoms with Crippen molar-refractivity contribution in [3.63, 3.8) is 0 Å². The van der Waals surface area contributed by atoms with Crippen molar-refractivity contribution < 1.29 is 14.2 Å². The lowest BCUT2D eigenvalue weighted by Gasteiger charge is -2.12. The van der Waals surface area contributed by atoms with Crippen LogP contribution in [-0.4, -0.2) is 31.5 Å². The first-order chi connectivity index (χ1) is 8.69. The standard InChI is InChI=1S/C11H11BrN2O3S/c1-15-7-5-9(17-3)8(16-2)4-6(7)10-13-14-11(12)18-10/h4-5H,1-3H3. The Balaban J connectivity index is 2.58. The summed E-state index contributed by atoms with van der Waals surface area (Å²) in [5, 5.41) is 8.74. The lowest BCUT2D eigenvalue weighted by atomic mass is 10.2. The van der Waals surface area contributed by atoms with Gasteiger partial charge in [0.15, 0.2) is 20.4 Å². The zero-order valence-corrected chi connectivity index (χ0v) is 12.5. The number of rotatable bonds is 4. The number of halogens is 1. The molecule has 0 saturated carbocycles. The van der Waals surface area contributed by atoms with Crippen LogP contribution < -0.4 is 14.2 Å². The lowest BCUT2D eigenvalue weighted by Crippen LogP contribution is -1.94. The molecule has 0 amide bonds. The number of ether oxygens (including phenoxy) is 3. The van der Waals surface area contributed by atoms with Crippen molar-refractivity contribution in [2.45, 2.75) is 0 Å². The summed E-state index contributed by atoms with van der Waals surface area (Å²) in [7, 11) is 4.77. The predicted octanol–water partition coefficient (Wildman–Crippen LogP) is 2.99. The third-order valence-corrected chi connectivity index (χ3v) is 3.73. The van der Waals surface area contributed by atoms with Gasteiger partial charge in [-0.2, -0.15) is 0 Å². The van der Waals surface area contributed by atoms with Gasteiger partial charge in [0, 0.05) is 6.07 Å². The van der Waals surface area contributed by atoms with E-state index in [0.717, 1.165) is 10.6 Å². The second-order valence-electron chi connectivity index (χ2n) is 3.27. The molecule has 0 saturated heterocycles. The van der Waals surface area contributed by atoms with Crippen LogP contribution in [0.3, 0.4) is 0 Å². The summed E-state index contributed by atoms with van der Waals surface area (Å²) >= 11 is 4.71. The van der Waals surface area contributed by atoms with Crippen LogP contribution >= 0.6 is 27.3 Å². The summed E-state index contributed by atoms with van der Waals surface area (Å²) in [4.78, 5) is 0. The summed E-state index contributed by atoms with van der Waals surface area (Å²) < 4.78 is 16.6. The van der Waals surface area contributed by atoms with Gasteiger partial charge in [0.2, 0.25) is 0 Å². The molecule has 2 aromatic rings. The highest BCUT2D eigenvalue weighted by Gasteiger charge is 2.16. The van der Waals surface area contributed by atoms with Crippen LogP contribution in [0.15, 0.2) is 16.0 Å². The molecule has 0 aliphatic heterocycles. The van der Waals surface area contributed by atoms with Crippen LogP contribution in [0.4, 0.5) is 0 Å². The lowest BCUT2D eigenvalue weighted by molar-refractivity contribution is 0.349. The van der Waals surface area contributed by atoms with Gasteiger partial charge < -0.3 is 14.2 Å². The van der Waals surface area contributed by atoms with Crippen LogP contribution in [0.25, 0.3) is 10.6 Å². The number of nitrogens with zero attached hydrogens (tertiary/aromatic N) is 2. The fraction of sp³-hybridized carbons (Fsp3) is 0.273. The Morgan fingerprint density at radius 2 is 1.56 bits per heavy atom. The van der Waals surface area contributed by atoms with Crippen molar-refractivity contribution in [3.8, 4) is 27.8 Å². The Kier molecular flexibility index (Phi) is 4.03. The molecule has 18 heavy (non-hydrogen) atoms. The third kappa shape index (κ3) is 2.41. The maximum Gasteiger partial charge on any atom is 0.183 e. The van der Waals surface area contributed by atoms with Gasteiger partial charge in [0.25, 0.3) is 0 Å². The Hall–Kier alpha value is -1.34. The number of methoxy groups -OCH3 is 3. The minimum atomic E-state index is 0.613. The molecule has 5 nitrogen and oxygen atoms in total. The van der Waals surface area contributed by atoms with Crippen LogP contribution in [0.2, 0.25) is 0 Å². The maximum atomic E-state index is 5.34. The Morgan fingerprint density at radius 3 is 2.06 bits per heavy atom. The van der Waals surface area contributed by atoms with E-state index in [1.54, 1.807) is 27.4 Å². The van der Waals surface area contributed by atoms with E-state index in [-0.39, 0.29) is 0 Å². The molecule has 0 radical (unpaired) electrons. The van der Waals surface area contributed by atoms with Gasteiger partial charge in [-0.25, -0.2) is 0 Å². The van der Waals surface area contributed by atoms with Crippen LogP contribution in [0.5, 0.6) is 17.2 Å². The summed E-state index contributed by atoms with van der Waals surface area (Å²) in [6.07, 6.45) is 0. The minimum Gasteiger partial charge on any atom is -0.496 e. The third-order valence-electron chi connectivity index (χ3n) is 2.34. The van der Waals surface area contributed by atoms with E-state index in [1.807, 2.05) is 6.07 Å². The first kappa shape index (κ1) is 13.1. The molecular formula is C11H11BrN2O3S. The van der Waals surface area contributed by atoms with E-state index >= 15 is 0 Å². The quantitative estimate of drug-likeness (QED) is 0.862. The van der Waals surface area contributed by atoms with Crippen molar-refractivity contribution >= 4 is 27.3 Å². The van der Waals surface area contributed by atoms with Crippen molar-refractivity contribution in [1.29, 1.82) is 0 Å². The first-order valence-corrected chi connectivity index (χ1v) is 6.60. The monoisotopic (exact) mass is 330 g/mol. The van der Waals surface area contributed by atoms with Crippen molar-refractivity contribution in [3.05, 3.63) is 16.0 Å². The molecule has 1 aromatic carbocycles. The average Bonchev–Trinajstić information content (AvgIpc) is 2.83. The normalized spacial score (nSPS) is 10.2. The zero-order chi connectivity index (χ0) is 13.1. The number of hydrogen-bond acceptors (Lipinski definition) is 6. The van der Waals surface area contributed by atoms with Gasteiger partial charge in [-0.15, -0.1) is 10.2 Å². The molecule has 96 valence electrons. The van der Waals surface area contributed by atoms with Gasteiger partial charge in [-0.1, -0.05) is 11.3 Å². The highest BCUT2D eigenvalue weighted by atomic mass is 79.9. The molecule has 2 rings (SSSR count). The van der Waals surface area contributed by atoms with E-state index in [0.29, 0.717) is 21.2 Å². The molecular weight excluding hydrogens is 320 g/mol. The van der Waals surface area contributed by atoms with Crippen LogP contribution in [0, 0.1) is 0 Å². The van der Waals surface area contributed by atoms with Gasteiger partial charge >= 0.3 is 0 Å². The zero-order valence-electron chi connectivity index (χ0n) is 10.1. The topological polar surface area (TPSA) is 53.5 Å². The molecule has 0 unspecified atom stereocenters. The Morgan fingerprint density at radius 1 is 0.944 bits per heavy atom. The van der Waals surface area contributed by atoms with Crippen molar-refractivity contribution in [1.82, 2.24) is 10.2 Å². The molecule has 0 bridgehead atoms.